The van der Waals surface area contributed by atoms with Crippen LogP contribution in [-0.2, 0) is 17.1 Å². The van der Waals surface area contributed by atoms with Crippen molar-refractivity contribution < 1.29 is 15.0 Å². The molecule has 202 valence electrons. The number of rotatable bonds is 5. The molecular weight excluding hydrogens is 557 g/mol. The zero-order valence-corrected chi connectivity index (χ0v) is 23.8. The van der Waals surface area contributed by atoms with Crippen LogP contribution < -0.4 is 10.6 Å². The molecule has 1 amide bonds. The molecule has 0 aliphatic heterocycles. The molecule has 39 heavy (non-hydrogen) atoms. The zero-order chi connectivity index (χ0) is 27.9. The Kier molecular flexibility index (Phi) is 7.35. The molecule has 1 aromatic carbocycles. The van der Waals surface area contributed by atoms with Crippen LogP contribution in [0.15, 0.2) is 48.8 Å². The van der Waals surface area contributed by atoms with Crippen molar-refractivity contribution in [3.05, 3.63) is 74.3 Å². The van der Waals surface area contributed by atoms with Gasteiger partial charge in [-0.15, -0.1) is 11.3 Å². The number of anilines is 1. The van der Waals surface area contributed by atoms with Crippen LogP contribution in [0.5, 0.6) is 0 Å². The molecule has 0 spiro atoms. The topological polar surface area (TPSA) is 112 Å². The Hall–Kier alpha value is -3.13. The van der Waals surface area contributed by atoms with Gasteiger partial charge in [-0.2, -0.15) is 0 Å². The third kappa shape index (κ3) is 4.99. The molecule has 1 fully saturated rings. The van der Waals surface area contributed by atoms with Gasteiger partial charge in [0.25, 0.3) is 0 Å². The maximum atomic E-state index is 12.7. The van der Waals surface area contributed by atoms with Crippen LogP contribution in [0.2, 0.25) is 9.36 Å². The lowest BCUT2D eigenvalue weighted by Gasteiger charge is -2.38. The van der Waals surface area contributed by atoms with Crippen LogP contribution in [0.1, 0.15) is 36.4 Å². The van der Waals surface area contributed by atoms with Crippen molar-refractivity contribution in [2.45, 2.75) is 38.1 Å². The van der Waals surface area contributed by atoms with Crippen LogP contribution in [0, 0.1) is 23.7 Å². The van der Waals surface area contributed by atoms with E-state index >= 15 is 0 Å². The third-order valence-corrected chi connectivity index (χ3v) is 8.66. The van der Waals surface area contributed by atoms with Gasteiger partial charge in [-0.25, -0.2) is 9.97 Å². The summed E-state index contributed by atoms with van der Waals surface area (Å²) in [4.78, 5) is 22.7. The Morgan fingerprint density at radius 2 is 2.03 bits per heavy atom. The number of fused-ring (bicyclic) bond motifs is 1. The second-order valence-corrected chi connectivity index (χ2v) is 12.1. The predicted molar refractivity (Wildman–Crippen MR) is 154 cm³/mol. The number of amides is 1. The standard InChI is InChI=1S/C28H27Cl2N5O3S/c1-16-13-28(38,27(2,37)23(16)26(36)31-3)35-15-33-24-21(32-14-17-5-4-6-18(29)11-17)12-19(34-25(24)35)7-8-20-9-10-22(30)39-20/h4-6,9-12,15-16,23,37-38H,13-14H2,1-3H3,(H,31,36)(H,32,34)/t16-,23-,27+,28-/m1/s1. The number of imidazole rings is 1. The molecule has 4 aromatic rings. The smallest absolute Gasteiger partial charge is 0.226 e. The quantitative estimate of drug-likeness (QED) is 0.255. The summed E-state index contributed by atoms with van der Waals surface area (Å²) in [5.41, 5.74) is -0.792. The molecule has 3 heterocycles. The summed E-state index contributed by atoms with van der Waals surface area (Å²) in [6, 6.07) is 12.9. The summed E-state index contributed by atoms with van der Waals surface area (Å²) >= 11 is 13.6. The van der Waals surface area contributed by atoms with Gasteiger partial charge >= 0.3 is 0 Å². The van der Waals surface area contributed by atoms with E-state index in [0.717, 1.165) is 10.4 Å². The zero-order valence-electron chi connectivity index (χ0n) is 21.5. The maximum absolute atomic E-state index is 12.7. The van der Waals surface area contributed by atoms with Crippen molar-refractivity contribution in [3.8, 4) is 11.8 Å². The number of pyridine rings is 1. The highest BCUT2D eigenvalue weighted by Gasteiger charge is 2.63. The fourth-order valence-electron chi connectivity index (χ4n) is 5.40. The van der Waals surface area contributed by atoms with Crippen LogP contribution in [0.4, 0.5) is 5.69 Å². The van der Waals surface area contributed by atoms with E-state index in [2.05, 4.69) is 27.5 Å². The van der Waals surface area contributed by atoms with E-state index in [0.29, 0.717) is 38.4 Å². The summed E-state index contributed by atoms with van der Waals surface area (Å²) < 4.78 is 2.09. The first-order valence-corrected chi connectivity index (χ1v) is 13.9. The van der Waals surface area contributed by atoms with Crippen molar-refractivity contribution in [2.24, 2.45) is 11.8 Å². The van der Waals surface area contributed by atoms with Crippen LogP contribution in [0.3, 0.4) is 0 Å². The lowest BCUT2D eigenvalue weighted by atomic mass is 9.84. The third-order valence-electron chi connectivity index (χ3n) is 7.28. The van der Waals surface area contributed by atoms with Crippen molar-refractivity contribution in [1.82, 2.24) is 19.9 Å². The molecule has 1 aliphatic carbocycles. The number of nitrogens with zero attached hydrogens (tertiary/aromatic N) is 3. The number of thiophene rings is 1. The average Bonchev–Trinajstić information content (AvgIpc) is 3.56. The number of halogens is 2. The van der Waals surface area contributed by atoms with E-state index in [9.17, 15) is 15.0 Å². The van der Waals surface area contributed by atoms with Gasteiger partial charge in [0.15, 0.2) is 11.4 Å². The Balaban J connectivity index is 1.62. The van der Waals surface area contributed by atoms with Crippen LogP contribution >= 0.6 is 34.5 Å². The molecule has 5 rings (SSSR count). The minimum atomic E-state index is -1.84. The van der Waals surface area contributed by atoms with Crippen LogP contribution in [0.25, 0.3) is 11.2 Å². The van der Waals surface area contributed by atoms with Gasteiger partial charge in [0.05, 0.1) is 27.1 Å². The molecule has 0 radical (unpaired) electrons. The number of aliphatic hydroxyl groups is 2. The minimum Gasteiger partial charge on any atom is -0.384 e. The average molecular weight is 585 g/mol. The summed E-state index contributed by atoms with van der Waals surface area (Å²) in [5, 5.41) is 30.2. The molecule has 8 nitrogen and oxygen atoms in total. The lowest BCUT2D eigenvalue weighted by Crippen LogP contribution is -2.55. The second kappa shape index (κ2) is 10.5. The Morgan fingerprint density at radius 3 is 2.72 bits per heavy atom. The fourth-order valence-corrected chi connectivity index (χ4v) is 6.51. The van der Waals surface area contributed by atoms with E-state index in [1.54, 1.807) is 12.1 Å². The SMILES string of the molecule is CNC(=O)[C@H]1[C@H](C)C[C@](O)(n2cnc3c(NCc4cccc(Cl)c4)cc(C#Cc4ccc(Cl)s4)nc32)[C@@]1(C)O. The molecule has 1 saturated carbocycles. The van der Waals surface area contributed by atoms with Gasteiger partial charge < -0.3 is 20.8 Å². The molecule has 0 unspecified atom stereocenters. The van der Waals surface area contributed by atoms with Gasteiger partial charge in [-0.3, -0.25) is 9.36 Å². The van der Waals surface area contributed by atoms with Gasteiger partial charge in [-0.05, 0) is 60.6 Å². The lowest BCUT2D eigenvalue weighted by molar-refractivity contribution is -0.189. The molecule has 4 N–H and O–H groups in total. The van der Waals surface area contributed by atoms with E-state index in [1.807, 2.05) is 37.3 Å². The van der Waals surface area contributed by atoms with Gasteiger partial charge in [0, 0.05) is 25.0 Å². The number of carbonyl (C=O) groups is 1. The summed E-state index contributed by atoms with van der Waals surface area (Å²) in [6.45, 7) is 3.77. The highest BCUT2D eigenvalue weighted by molar-refractivity contribution is 7.16. The molecule has 4 atom stereocenters. The summed E-state index contributed by atoms with van der Waals surface area (Å²) in [6.07, 6.45) is 1.58. The van der Waals surface area contributed by atoms with E-state index < -0.39 is 17.2 Å². The number of benzene rings is 1. The number of carbonyl (C=O) groups excluding carboxylic acids is 1. The molecule has 0 saturated heterocycles. The largest absolute Gasteiger partial charge is 0.384 e. The number of aromatic nitrogens is 3. The maximum Gasteiger partial charge on any atom is 0.226 e. The Morgan fingerprint density at radius 1 is 1.23 bits per heavy atom. The highest BCUT2D eigenvalue weighted by atomic mass is 35.5. The van der Waals surface area contributed by atoms with Gasteiger partial charge in [0.1, 0.15) is 16.8 Å². The fraction of sp³-hybridized carbons (Fsp3) is 0.321. The van der Waals surface area contributed by atoms with E-state index in [4.69, 9.17) is 28.2 Å². The molecule has 0 bridgehead atoms. The number of nitrogens with one attached hydrogen (secondary N) is 2. The second-order valence-electron chi connectivity index (χ2n) is 9.92. The predicted octanol–water partition coefficient (Wildman–Crippen LogP) is 4.61. The van der Waals surface area contributed by atoms with Gasteiger partial charge in [0.2, 0.25) is 5.91 Å². The molecule has 1 aliphatic rings. The van der Waals surface area contributed by atoms with Crippen molar-refractivity contribution in [1.29, 1.82) is 0 Å². The van der Waals surface area contributed by atoms with Crippen molar-refractivity contribution in [2.75, 3.05) is 12.4 Å². The normalized spacial score (nSPS) is 24.4. The number of hydrogen-bond acceptors (Lipinski definition) is 7. The molecular formula is C28H27Cl2N5O3S. The van der Waals surface area contributed by atoms with Crippen LogP contribution in [-0.4, -0.2) is 43.3 Å². The Labute approximate surface area is 240 Å². The summed E-state index contributed by atoms with van der Waals surface area (Å²) in [5.74, 6) is 4.67. The van der Waals surface area contributed by atoms with E-state index in [-0.39, 0.29) is 18.2 Å². The minimum absolute atomic E-state index is 0.125. The van der Waals surface area contributed by atoms with Crippen molar-refractivity contribution >= 4 is 57.3 Å². The van der Waals surface area contributed by atoms with Crippen molar-refractivity contribution in [3.63, 3.8) is 0 Å². The monoisotopic (exact) mass is 583 g/mol. The number of hydrogen-bond donors (Lipinski definition) is 4. The van der Waals surface area contributed by atoms with E-state index in [1.165, 1.54) is 36.2 Å². The first-order chi connectivity index (χ1) is 18.5. The first kappa shape index (κ1) is 27.4. The highest BCUT2D eigenvalue weighted by Crippen LogP contribution is 2.51. The first-order valence-electron chi connectivity index (χ1n) is 12.3. The summed E-state index contributed by atoms with van der Waals surface area (Å²) in [7, 11) is 1.51. The molecule has 11 heteroatoms. The van der Waals surface area contributed by atoms with Gasteiger partial charge in [-0.1, -0.05) is 42.3 Å². The molecule has 3 aromatic heterocycles. The Bertz CT molecular complexity index is 1620.